The Labute approximate surface area is 170 Å². The van der Waals surface area contributed by atoms with Crippen LogP contribution >= 0.6 is 11.6 Å². The van der Waals surface area contributed by atoms with E-state index in [9.17, 15) is 4.79 Å². The molecule has 2 aromatic heterocycles. The predicted octanol–water partition coefficient (Wildman–Crippen LogP) is 3.27. The highest BCUT2D eigenvalue weighted by atomic mass is 35.5. The Morgan fingerprint density at radius 2 is 1.79 bits per heavy atom. The van der Waals surface area contributed by atoms with E-state index in [1.165, 1.54) is 16.7 Å². The van der Waals surface area contributed by atoms with Gasteiger partial charge in [-0.25, -0.2) is 0 Å². The molecule has 28 heavy (non-hydrogen) atoms. The fourth-order valence-electron chi connectivity index (χ4n) is 3.17. The van der Waals surface area contributed by atoms with Gasteiger partial charge in [-0.15, -0.1) is 0 Å². The standard InChI is InChI=1S/C22H23ClN4O/c23-20-3-1-2-18(14-20)21(22(24)28)27-13-9-17-8-12-26-15-19(17)5-4-16-6-10-25-11-7-16/h1-3,6-8,10-12,14-15,21,27H,4-5,9,13H2,(H2,24,28). The third-order valence-electron chi connectivity index (χ3n) is 4.65. The molecule has 0 saturated heterocycles. The Balaban J connectivity index is 1.61. The summed E-state index contributed by atoms with van der Waals surface area (Å²) in [6, 6.07) is 12.7. The Morgan fingerprint density at radius 3 is 2.54 bits per heavy atom. The van der Waals surface area contributed by atoms with Gasteiger partial charge in [0.15, 0.2) is 0 Å². The van der Waals surface area contributed by atoms with Gasteiger partial charge in [0.2, 0.25) is 5.91 Å². The van der Waals surface area contributed by atoms with Gasteiger partial charge in [-0.1, -0.05) is 23.7 Å². The normalized spacial score (nSPS) is 11.9. The van der Waals surface area contributed by atoms with Crippen molar-refractivity contribution in [3.8, 4) is 0 Å². The minimum atomic E-state index is -0.569. The van der Waals surface area contributed by atoms with Crippen LogP contribution in [0.2, 0.25) is 5.02 Å². The van der Waals surface area contributed by atoms with Gasteiger partial charge in [0, 0.05) is 36.4 Å². The van der Waals surface area contributed by atoms with Gasteiger partial charge in [-0.2, -0.15) is 0 Å². The number of nitrogens with one attached hydrogen (secondary N) is 1. The van der Waals surface area contributed by atoms with Crippen LogP contribution in [-0.4, -0.2) is 22.4 Å². The van der Waals surface area contributed by atoms with E-state index in [0.29, 0.717) is 11.6 Å². The number of carbonyl (C=O) groups excluding carboxylic acids is 1. The molecular formula is C22H23ClN4O. The summed E-state index contributed by atoms with van der Waals surface area (Å²) in [5.41, 5.74) is 10.0. The second kappa shape index (κ2) is 9.97. The number of primary amides is 1. The van der Waals surface area contributed by atoms with Gasteiger partial charge in [-0.3, -0.25) is 14.8 Å². The number of hydrogen-bond donors (Lipinski definition) is 2. The molecule has 0 aliphatic carbocycles. The summed E-state index contributed by atoms with van der Waals surface area (Å²) in [6.45, 7) is 0.617. The molecule has 3 N–H and O–H groups in total. The van der Waals surface area contributed by atoms with E-state index in [4.69, 9.17) is 17.3 Å². The van der Waals surface area contributed by atoms with Crippen LogP contribution in [0, 0.1) is 0 Å². The molecule has 2 heterocycles. The molecule has 144 valence electrons. The van der Waals surface area contributed by atoms with Crippen molar-refractivity contribution in [2.45, 2.75) is 25.3 Å². The maximum absolute atomic E-state index is 11.9. The average Bonchev–Trinajstić information content (AvgIpc) is 2.71. The molecule has 1 amide bonds. The number of carbonyl (C=O) groups is 1. The van der Waals surface area contributed by atoms with E-state index in [2.05, 4.69) is 15.3 Å². The lowest BCUT2D eigenvalue weighted by Gasteiger charge is -2.17. The molecular weight excluding hydrogens is 372 g/mol. The number of benzene rings is 1. The zero-order valence-electron chi connectivity index (χ0n) is 15.5. The van der Waals surface area contributed by atoms with Crippen LogP contribution in [0.1, 0.15) is 28.3 Å². The Bertz CT molecular complexity index is 917. The highest BCUT2D eigenvalue weighted by molar-refractivity contribution is 6.30. The number of pyridine rings is 2. The molecule has 0 radical (unpaired) electrons. The smallest absolute Gasteiger partial charge is 0.239 e. The van der Waals surface area contributed by atoms with Crippen LogP contribution in [-0.2, 0) is 24.1 Å². The van der Waals surface area contributed by atoms with Crippen molar-refractivity contribution in [3.05, 3.63) is 94.5 Å². The summed E-state index contributed by atoms with van der Waals surface area (Å²) in [5, 5.41) is 3.83. The minimum absolute atomic E-state index is 0.421. The Hall–Kier alpha value is -2.76. The fourth-order valence-corrected chi connectivity index (χ4v) is 3.37. The molecule has 0 bridgehead atoms. The third kappa shape index (κ3) is 5.62. The molecule has 0 saturated carbocycles. The van der Waals surface area contributed by atoms with Crippen LogP contribution in [0.15, 0.2) is 67.3 Å². The summed E-state index contributed by atoms with van der Waals surface area (Å²) in [4.78, 5) is 20.2. The van der Waals surface area contributed by atoms with Crippen LogP contribution in [0.25, 0.3) is 0 Å². The molecule has 5 nitrogen and oxygen atoms in total. The molecule has 0 aliphatic heterocycles. The Morgan fingerprint density at radius 1 is 1.00 bits per heavy atom. The SMILES string of the molecule is NC(=O)C(NCCc1ccncc1CCc1ccncc1)c1cccc(Cl)c1. The second-order valence-corrected chi connectivity index (χ2v) is 7.03. The van der Waals surface area contributed by atoms with Crippen molar-refractivity contribution in [1.29, 1.82) is 0 Å². The van der Waals surface area contributed by atoms with Gasteiger partial charge in [0.1, 0.15) is 6.04 Å². The minimum Gasteiger partial charge on any atom is -0.368 e. The number of aromatic nitrogens is 2. The number of halogens is 1. The third-order valence-corrected chi connectivity index (χ3v) is 4.88. The summed E-state index contributed by atoms with van der Waals surface area (Å²) in [6.07, 6.45) is 9.94. The highest BCUT2D eigenvalue weighted by Crippen LogP contribution is 2.18. The first kappa shape index (κ1) is 20.0. The molecule has 0 spiro atoms. The topological polar surface area (TPSA) is 80.9 Å². The summed E-state index contributed by atoms with van der Waals surface area (Å²) in [7, 11) is 0. The molecule has 1 unspecified atom stereocenters. The van der Waals surface area contributed by atoms with Gasteiger partial charge in [0.25, 0.3) is 0 Å². The lowest BCUT2D eigenvalue weighted by atomic mass is 10.00. The molecule has 1 aromatic carbocycles. The zero-order valence-corrected chi connectivity index (χ0v) is 16.3. The molecule has 3 rings (SSSR count). The van der Waals surface area contributed by atoms with Gasteiger partial charge >= 0.3 is 0 Å². The molecule has 0 aliphatic rings. The first-order valence-corrected chi connectivity index (χ1v) is 9.60. The van der Waals surface area contributed by atoms with E-state index in [0.717, 1.165) is 24.8 Å². The quantitative estimate of drug-likeness (QED) is 0.583. The summed E-state index contributed by atoms with van der Waals surface area (Å²) < 4.78 is 0. The number of rotatable bonds is 9. The van der Waals surface area contributed by atoms with Gasteiger partial charge < -0.3 is 11.1 Å². The van der Waals surface area contributed by atoms with E-state index in [1.807, 2.05) is 48.9 Å². The van der Waals surface area contributed by atoms with Crippen molar-refractivity contribution in [3.63, 3.8) is 0 Å². The monoisotopic (exact) mass is 394 g/mol. The first-order chi connectivity index (χ1) is 13.6. The molecule has 6 heteroatoms. The van der Waals surface area contributed by atoms with Crippen molar-refractivity contribution in [1.82, 2.24) is 15.3 Å². The summed E-state index contributed by atoms with van der Waals surface area (Å²) >= 11 is 6.04. The summed E-state index contributed by atoms with van der Waals surface area (Å²) in [5.74, 6) is -0.421. The molecule has 1 atom stereocenters. The number of hydrogen-bond acceptors (Lipinski definition) is 4. The Kier molecular flexibility index (Phi) is 7.12. The predicted molar refractivity (Wildman–Crippen MR) is 111 cm³/mol. The van der Waals surface area contributed by atoms with E-state index in [1.54, 1.807) is 18.3 Å². The van der Waals surface area contributed by atoms with E-state index < -0.39 is 11.9 Å². The maximum Gasteiger partial charge on any atom is 0.239 e. The van der Waals surface area contributed by atoms with Crippen molar-refractivity contribution >= 4 is 17.5 Å². The number of amides is 1. The van der Waals surface area contributed by atoms with E-state index >= 15 is 0 Å². The van der Waals surface area contributed by atoms with Crippen LogP contribution in [0.5, 0.6) is 0 Å². The zero-order chi connectivity index (χ0) is 19.8. The molecule has 0 fully saturated rings. The largest absolute Gasteiger partial charge is 0.368 e. The number of nitrogens with two attached hydrogens (primary N) is 1. The van der Waals surface area contributed by atoms with Crippen molar-refractivity contribution in [2.24, 2.45) is 5.73 Å². The first-order valence-electron chi connectivity index (χ1n) is 9.22. The second-order valence-electron chi connectivity index (χ2n) is 6.59. The van der Waals surface area contributed by atoms with Crippen molar-refractivity contribution in [2.75, 3.05) is 6.54 Å². The van der Waals surface area contributed by atoms with Crippen LogP contribution in [0.4, 0.5) is 0 Å². The number of aryl methyl sites for hydroxylation is 2. The van der Waals surface area contributed by atoms with Crippen LogP contribution < -0.4 is 11.1 Å². The lowest BCUT2D eigenvalue weighted by molar-refractivity contribution is -0.120. The average molecular weight is 395 g/mol. The number of nitrogens with zero attached hydrogens (tertiary/aromatic N) is 2. The van der Waals surface area contributed by atoms with Crippen molar-refractivity contribution < 1.29 is 4.79 Å². The highest BCUT2D eigenvalue weighted by Gasteiger charge is 2.17. The fraction of sp³-hybridized carbons (Fsp3) is 0.227. The van der Waals surface area contributed by atoms with E-state index in [-0.39, 0.29) is 0 Å². The molecule has 3 aromatic rings. The lowest BCUT2D eigenvalue weighted by Crippen LogP contribution is -2.34. The maximum atomic E-state index is 11.9. The van der Waals surface area contributed by atoms with Gasteiger partial charge in [-0.05, 0) is 71.8 Å². The van der Waals surface area contributed by atoms with Crippen LogP contribution in [0.3, 0.4) is 0 Å². The van der Waals surface area contributed by atoms with Gasteiger partial charge in [0.05, 0.1) is 0 Å².